The van der Waals surface area contributed by atoms with E-state index in [1.165, 1.54) is 39.5 Å². The first-order valence-corrected chi connectivity index (χ1v) is 8.05. The molecule has 1 aliphatic heterocycles. The molecular formula is C13H16BrIN2. The van der Waals surface area contributed by atoms with E-state index < -0.39 is 0 Å². The monoisotopic (exact) mass is 406 g/mol. The fourth-order valence-electron chi connectivity index (χ4n) is 2.40. The molecule has 1 unspecified atom stereocenters. The Labute approximate surface area is 124 Å². The van der Waals surface area contributed by atoms with Gasteiger partial charge in [0, 0.05) is 38.9 Å². The molecule has 3 rings (SSSR count). The average molecular weight is 407 g/mol. The molecule has 0 spiro atoms. The van der Waals surface area contributed by atoms with E-state index in [4.69, 9.17) is 0 Å². The van der Waals surface area contributed by atoms with Crippen molar-refractivity contribution in [2.45, 2.75) is 31.3 Å². The number of benzene rings is 1. The van der Waals surface area contributed by atoms with Crippen LogP contribution in [0, 0.1) is 3.57 Å². The van der Waals surface area contributed by atoms with Crippen molar-refractivity contribution in [3.05, 3.63) is 26.2 Å². The maximum atomic E-state index is 3.72. The molecule has 2 nitrogen and oxygen atoms in total. The number of rotatable bonds is 3. The number of halogens is 2. The smallest absolute Gasteiger partial charge is 0.0378 e. The van der Waals surface area contributed by atoms with Gasteiger partial charge in [0.1, 0.15) is 0 Å². The first-order chi connectivity index (χ1) is 8.22. The normalized spacial score (nSPS) is 24.4. The molecule has 2 aliphatic rings. The van der Waals surface area contributed by atoms with Gasteiger partial charge in [-0.05, 0) is 76.0 Å². The minimum absolute atomic E-state index is 0.695. The van der Waals surface area contributed by atoms with Gasteiger partial charge in [-0.1, -0.05) is 0 Å². The molecule has 1 aromatic carbocycles. The predicted molar refractivity (Wildman–Crippen MR) is 83.6 cm³/mol. The SMILES string of the molecule is Brc1cc(N2CCC(NC3CC3)C2)ccc1I. The second-order valence-electron chi connectivity index (χ2n) is 4.97. The molecule has 0 bridgehead atoms. The number of nitrogens with zero attached hydrogens (tertiary/aromatic N) is 1. The van der Waals surface area contributed by atoms with E-state index in [2.05, 4.69) is 66.9 Å². The van der Waals surface area contributed by atoms with Crippen LogP contribution in [0.5, 0.6) is 0 Å². The molecule has 1 saturated carbocycles. The molecule has 0 aromatic heterocycles. The fraction of sp³-hybridized carbons (Fsp3) is 0.538. The summed E-state index contributed by atoms with van der Waals surface area (Å²) >= 11 is 5.96. The maximum absolute atomic E-state index is 3.72. The second kappa shape index (κ2) is 5.05. The Balaban J connectivity index is 1.66. The molecule has 92 valence electrons. The van der Waals surface area contributed by atoms with E-state index >= 15 is 0 Å². The van der Waals surface area contributed by atoms with E-state index in [0.717, 1.165) is 12.6 Å². The third-order valence-corrected chi connectivity index (χ3v) is 5.84. The van der Waals surface area contributed by atoms with Crippen molar-refractivity contribution in [1.82, 2.24) is 5.32 Å². The fourth-order valence-corrected chi connectivity index (χ4v) is 3.10. The van der Waals surface area contributed by atoms with Crippen LogP contribution >= 0.6 is 38.5 Å². The molecule has 0 amide bonds. The zero-order valence-corrected chi connectivity index (χ0v) is 13.4. The molecule has 1 aromatic rings. The van der Waals surface area contributed by atoms with Gasteiger partial charge < -0.3 is 10.2 Å². The molecule has 1 atom stereocenters. The highest BCUT2D eigenvalue weighted by molar-refractivity contribution is 14.1. The second-order valence-corrected chi connectivity index (χ2v) is 6.99. The van der Waals surface area contributed by atoms with Crippen molar-refractivity contribution in [3.63, 3.8) is 0 Å². The number of anilines is 1. The number of hydrogen-bond acceptors (Lipinski definition) is 2. The Bertz CT molecular complexity index is 420. The molecular weight excluding hydrogens is 391 g/mol. The van der Waals surface area contributed by atoms with Gasteiger partial charge in [-0.3, -0.25) is 0 Å². The highest BCUT2D eigenvalue weighted by Gasteiger charge is 2.29. The summed E-state index contributed by atoms with van der Waals surface area (Å²) in [6.07, 6.45) is 4.04. The predicted octanol–water partition coefficient (Wildman–Crippen LogP) is 3.38. The summed E-state index contributed by atoms with van der Waals surface area (Å²) in [7, 11) is 0. The summed E-state index contributed by atoms with van der Waals surface area (Å²) in [5, 5.41) is 3.72. The lowest BCUT2D eigenvalue weighted by molar-refractivity contribution is 0.548. The van der Waals surface area contributed by atoms with Crippen LogP contribution in [0.3, 0.4) is 0 Å². The first kappa shape index (κ1) is 12.2. The number of hydrogen-bond donors (Lipinski definition) is 1. The summed E-state index contributed by atoms with van der Waals surface area (Å²) in [5.41, 5.74) is 1.34. The van der Waals surface area contributed by atoms with Crippen LogP contribution < -0.4 is 10.2 Å². The molecule has 1 N–H and O–H groups in total. The minimum atomic E-state index is 0.695. The molecule has 0 radical (unpaired) electrons. The van der Waals surface area contributed by atoms with Crippen LogP contribution in [0.1, 0.15) is 19.3 Å². The first-order valence-electron chi connectivity index (χ1n) is 6.18. The third-order valence-electron chi connectivity index (χ3n) is 3.51. The van der Waals surface area contributed by atoms with Crippen molar-refractivity contribution in [2.24, 2.45) is 0 Å². The Morgan fingerprint density at radius 2 is 2.06 bits per heavy atom. The summed E-state index contributed by atoms with van der Waals surface area (Å²) in [5.74, 6) is 0. The Hall–Kier alpha value is 0.190. The van der Waals surface area contributed by atoms with E-state index in [1.807, 2.05) is 0 Å². The van der Waals surface area contributed by atoms with Crippen molar-refractivity contribution < 1.29 is 0 Å². The van der Waals surface area contributed by atoms with E-state index in [1.54, 1.807) is 0 Å². The van der Waals surface area contributed by atoms with Crippen LogP contribution in [0.2, 0.25) is 0 Å². The maximum Gasteiger partial charge on any atom is 0.0378 e. The van der Waals surface area contributed by atoms with Gasteiger partial charge in [0.25, 0.3) is 0 Å². The van der Waals surface area contributed by atoms with Gasteiger partial charge in [0.15, 0.2) is 0 Å². The topological polar surface area (TPSA) is 15.3 Å². The Kier molecular flexibility index (Phi) is 3.64. The summed E-state index contributed by atoms with van der Waals surface area (Å²) < 4.78 is 2.48. The molecule has 17 heavy (non-hydrogen) atoms. The molecule has 1 saturated heterocycles. The van der Waals surface area contributed by atoms with Gasteiger partial charge in [0.2, 0.25) is 0 Å². The van der Waals surface area contributed by atoms with Crippen molar-refractivity contribution in [1.29, 1.82) is 0 Å². The van der Waals surface area contributed by atoms with Gasteiger partial charge in [0.05, 0.1) is 0 Å². The molecule has 1 aliphatic carbocycles. The summed E-state index contributed by atoms with van der Waals surface area (Å²) in [6, 6.07) is 8.17. The largest absolute Gasteiger partial charge is 0.370 e. The van der Waals surface area contributed by atoms with Crippen LogP contribution in [0.25, 0.3) is 0 Å². The van der Waals surface area contributed by atoms with Gasteiger partial charge >= 0.3 is 0 Å². The van der Waals surface area contributed by atoms with E-state index in [-0.39, 0.29) is 0 Å². The lowest BCUT2D eigenvalue weighted by atomic mass is 10.2. The zero-order chi connectivity index (χ0) is 11.8. The van der Waals surface area contributed by atoms with E-state index in [0.29, 0.717) is 6.04 Å². The highest BCUT2D eigenvalue weighted by Crippen LogP contribution is 2.28. The zero-order valence-electron chi connectivity index (χ0n) is 9.63. The minimum Gasteiger partial charge on any atom is -0.370 e. The third kappa shape index (κ3) is 2.96. The van der Waals surface area contributed by atoms with E-state index in [9.17, 15) is 0 Å². The quantitative estimate of drug-likeness (QED) is 0.774. The van der Waals surface area contributed by atoms with Gasteiger partial charge in [-0.2, -0.15) is 0 Å². The Morgan fingerprint density at radius 1 is 1.24 bits per heavy atom. The highest BCUT2D eigenvalue weighted by atomic mass is 127. The standard InChI is InChI=1S/C13H16BrIN2/c14-12-7-11(3-4-13(12)15)17-6-5-10(8-17)16-9-1-2-9/h3-4,7,9-10,16H,1-2,5-6,8H2. The number of nitrogens with one attached hydrogen (secondary N) is 1. The van der Waals surface area contributed by atoms with Crippen molar-refractivity contribution >= 4 is 44.2 Å². The van der Waals surface area contributed by atoms with Gasteiger partial charge in [-0.25, -0.2) is 0 Å². The van der Waals surface area contributed by atoms with Crippen LogP contribution in [0.4, 0.5) is 5.69 Å². The Morgan fingerprint density at radius 3 is 2.76 bits per heavy atom. The average Bonchev–Trinajstić information content (AvgIpc) is 2.99. The summed E-state index contributed by atoms with van der Waals surface area (Å²) in [6.45, 7) is 2.33. The molecule has 2 fully saturated rings. The van der Waals surface area contributed by atoms with Crippen molar-refractivity contribution in [3.8, 4) is 0 Å². The van der Waals surface area contributed by atoms with Crippen molar-refractivity contribution in [2.75, 3.05) is 18.0 Å². The van der Waals surface area contributed by atoms with Gasteiger partial charge in [-0.15, -0.1) is 0 Å². The van der Waals surface area contributed by atoms with Crippen LogP contribution in [-0.4, -0.2) is 25.2 Å². The lowest BCUT2D eigenvalue weighted by Gasteiger charge is -2.19. The molecule has 4 heteroatoms. The summed E-state index contributed by atoms with van der Waals surface area (Å²) in [4.78, 5) is 2.49. The van der Waals surface area contributed by atoms with Crippen LogP contribution in [0.15, 0.2) is 22.7 Å². The molecule has 1 heterocycles. The van der Waals surface area contributed by atoms with Crippen LogP contribution in [-0.2, 0) is 0 Å². The lowest BCUT2D eigenvalue weighted by Crippen LogP contribution is -2.33.